The van der Waals surface area contributed by atoms with E-state index in [1.165, 1.54) is 11.3 Å². The van der Waals surface area contributed by atoms with Gasteiger partial charge in [0, 0.05) is 37.9 Å². The molecule has 0 spiro atoms. The summed E-state index contributed by atoms with van der Waals surface area (Å²) in [6.45, 7) is 3.56. The van der Waals surface area contributed by atoms with Crippen molar-refractivity contribution in [2.45, 2.75) is 25.8 Å². The Labute approximate surface area is 138 Å². The Balaban J connectivity index is 1.58. The summed E-state index contributed by atoms with van der Waals surface area (Å²) in [5.74, 6) is 0.135. The minimum absolute atomic E-state index is 0.135. The molecule has 0 bridgehead atoms. The van der Waals surface area contributed by atoms with E-state index in [9.17, 15) is 4.79 Å². The van der Waals surface area contributed by atoms with Crippen molar-refractivity contribution in [3.05, 3.63) is 35.4 Å². The maximum absolute atomic E-state index is 12.9. The van der Waals surface area contributed by atoms with Crippen molar-refractivity contribution >= 4 is 27.5 Å². The lowest BCUT2D eigenvalue weighted by Gasteiger charge is -2.33. The molecule has 1 aliphatic rings. The number of carbonyl (C=O) groups excluding carboxylic acids is 1. The molecular formula is C16H19N5OS. The van der Waals surface area contributed by atoms with Crippen LogP contribution in [0.4, 0.5) is 0 Å². The lowest BCUT2D eigenvalue weighted by Crippen LogP contribution is -2.40. The molecule has 4 rings (SSSR count). The summed E-state index contributed by atoms with van der Waals surface area (Å²) in [6, 6.07) is 2.32. The predicted octanol–water partition coefficient (Wildman–Crippen LogP) is 2.62. The largest absolute Gasteiger partial charge is 0.336 e. The van der Waals surface area contributed by atoms with E-state index in [-0.39, 0.29) is 5.91 Å². The monoisotopic (exact) mass is 329 g/mol. The number of hydrogen-bond donors (Lipinski definition) is 0. The average molecular weight is 329 g/mol. The Morgan fingerprint density at radius 2 is 2.30 bits per heavy atom. The first-order chi connectivity index (χ1) is 11.1. The molecule has 1 amide bonds. The fourth-order valence-electron chi connectivity index (χ4n) is 3.33. The van der Waals surface area contributed by atoms with Crippen LogP contribution in [0.1, 0.15) is 34.2 Å². The van der Waals surface area contributed by atoms with Crippen LogP contribution in [0.3, 0.4) is 0 Å². The predicted molar refractivity (Wildman–Crippen MR) is 89.7 cm³/mol. The average Bonchev–Trinajstić information content (AvgIpc) is 3.27. The molecule has 1 atom stereocenters. The summed E-state index contributed by atoms with van der Waals surface area (Å²) in [5.41, 5.74) is 0.979. The van der Waals surface area contributed by atoms with Crippen LogP contribution in [0.15, 0.2) is 24.8 Å². The molecule has 0 aliphatic carbocycles. The minimum Gasteiger partial charge on any atom is -0.336 e. The zero-order valence-electron chi connectivity index (χ0n) is 13.3. The fraction of sp³-hybridized carbons (Fsp3) is 0.438. The van der Waals surface area contributed by atoms with Crippen molar-refractivity contribution in [1.29, 1.82) is 0 Å². The molecule has 4 heterocycles. The molecule has 120 valence electrons. The number of likely N-dealkylation sites (tertiary alicyclic amines) is 1. The summed E-state index contributed by atoms with van der Waals surface area (Å²) in [5, 5.41) is 5.49. The molecule has 1 saturated heterocycles. The van der Waals surface area contributed by atoms with Crippen LogP contribution in [0.25, 0.3) is 10.2 Å². The van der Waals surface area contributed by atoms with Crippen LogP contribution in [0.5, 0.6) is 0 Å². The fourth-order valence-corrected chi connectivity index (χ4v) is 4.43. The first-order valence-corrected chi connectivity index (χ1v) is 8.65. The maximum Gasteiger partial charge on any atom is 0.264 e. The van der Waals surface area contributed by atoms with Crippen LogP contribution < -0.4 is 0 Å². The first kappa shape index (κ1) is 14.4. The van der Waals surface area contributed by atoms with Crippen molar-refractivity contribution < 1.29 is 4.79 Å². The Morgan fingerprint density at radius 3 is 3.04 bits per heavy atom. The normalized spacial score (nSPS) is 18.7. The molecule has 6 nitrogen and oxygen atoms in total. The molecule has 0 N–H and O–H groups in total. The molecule has 0 saturated carbocycles. The number of imidazole rings is 1. The van der Waals surface area contributed by atoms with E-state index in [4.69, 9.17) is 0 Å². The van der Waals surface area contributed by atoms with E-state index < -0.39 is 0 Å². The van der Waals surface area contributed by atoms with Gasteiger partial charge < -0.3 is 9.47 Å². The standard InChI is InChI=1S/C16H19N5OS/c1-11-13-8-14(23-16(13)19(2)18-11)15(22)20-6-3-4-12(9-20)21-7-5-17-10-21/h5,7-8,10,12H,3-4,6,9H2,1-2H3/t12-/m1/s1. The third kappa shape index (κ3) is 2.45. The van der Waals surface area contributed by atoms with Gasteiger partial charge in [0.1, 0.15) is 4.83 Å². The maximum atomic E-state index is 12.9. The SMILES string of the molecule is Cc1nn(C)c2sc(C(=O)N3CCC[C@@H](n4ccnc4)C3)cc12. The van der Waals surface area contributed by atoms with E-state index in [0.29, 0.717) is 6.04 Å². The molecule has 23 heavy (non-hydrogen) atoms. The summed E-state index contributed by atoms with van der Waals surface area (Å²) >= 11 is 1.54. The topological polar surface area (TPSA) is 56.0 Å². The van der Waals surface area contributed by atoms with Gasteiger partial charge in [-0.05, 0) is 25.8 Å². The number of nitrogens with zero attached hydrogens (tertiary/aromatic N) is 5. The van der Waals surface area contributed by atoms with Gasteiger partial charge in [-0.15, -0.1) is 11.3 Å². The minimum atomic E-state index is 0.135. The molecule has 3 aromatic heterocycles. The summed E-state index contributed by atoms with van der Waals surface area (Å²) < 4.78 is 3.97. The highest BCUT2D eigenvalue weighted by molar-refractivity contribution is 7.20. The molecule has 7 heteroatoms. The van der Waals surface area contributed by atoms with Gasteiger partial charge in [0.25, 0.3) is 5.91 Å². The molecule has 1 aliphatic heterocycles. The van der Waals surface area contributed by atoms with E-state index in [1.807, 2.05) is 42.1 Å². The van der Waals surface area contributed by atoms with Crippen molar-refractivity contribution in [3.8, 4) is 0 Å². The van der Waals surface area contributed by atoms with E-state index in [0.717, 1.165) is 46.7 Å². The second-order valence-corrected chi connectivity index (χ2v) is 7.13. The Hall–Kier alpha value is -2.15. The zero-order valence-corrected chi connectivity index (χ0v) is 14.1. The number of carbonyl (C=O) groups is 1. The Bertz CT molecular complexity index is 813. The van der Waals surface area contributed by atoms with Crippen molar-refractivity contribution in [2.24, 2.45) is 7.05 Å². The smallest absolute Gasteiger partial charge is 0.264 e. The van der Waals surface area contributed by atoms with Gasteiger partial charge in [0.15, 0.2) is 0 Å². The van der Waals surface area contributed by atoms with E-state index >= 15 is 0 Å². The molecule has 0 unspecified atom stereocenters. The second kappa shape index (κ2) is 5.49. The molecule has 3 aromatic rings. The van der Waals surface area contributed by atoms with Crippen molar-refractivity contribution in [2.75, 3.05) is 13.1 Å². The highest BCUT2D eigenvalue weighted by Crippen LogP contribution is 2.30. The Morgan fingerprint density at radius 1 is 1.43 bits per heavy atom. The molecular weight excluding hydrogens is 310 g/mol. The number of piperidine rings is 1. The van der Waals surface area contributed by atoms with Crippen LogP contribution in [0, 0.1) is 6.92 Å². The van der Waals surface area contributed by atoms with Crippen molar-refractivity contribution in [3.63, 3.8) is 0 Å². The lowest BCUT2D eigenvalue weighted by molar-refractivity contribution is 0.0684. The zero-order chi connectivity index (χ0) is 16.0. The summed E-state index contributed by atoms with van der Waals surface area (Å²) in [4.78, 5) is 20.9. The molecule has 0 radical (unpaired) electrons. The summed E-state index contributed by atoms with van der Waals surface area (Å²) in [7, 11) is 1.93. The highest BCUT2D eigenvalue weighted by Gasteiger charge is 2.27. The Kier molecular flexibility index (Phi) is 3.45. The number of amides is 1. The number of aromatic nitrogens is 4. The summed E-state index contributed by atoms with van der Waals surface area (Å²) in [6.07, 6.45) is 7.73. The van der Waals surface area contributed by atoms with Gasteiger partial charge in [0.2, 0.25) is 0 Å². The molecule has 1 fully saturated rings. The quantitative estimate of drug-likeness (QED) is 0.726. The van der Waals surface area contributed by atoms with Crippen LogP contribution in [-0.2, 0) is 7.05 Å². The number of aryl methyl sites for hydroxylation is 2. The lowest BCUT2D eigenvalue weighted by atomic mass is 10.1. The van der Waals surface area contributed by atoms with Crippen LogP contribution >= 0.6 is 11.3 Å². The van der Waals surface area contributed by atoms with Gasteiger partial charge in [-0.2, -0.15) is 5.10 Å². The van der Waals surface area contributed by atoms with E-state index in [2.05, 4.69) is 14.6 Å². The number of thiophene rings is 1. The third-order valence-electron chi connectivity index (χ3n) is 4.54. The van der Waals surface area contributed by atoms with Gasteiger partial charge in [0.05, 0.1) is 22.9 Å². The van der Waals surface area contributed by atoms with Crippen molar-refractivity contribution in [1.82, 2.24) is 24.2 Å². The van der Waals surface area contributed by atoms with Gasteiger partial charge in [-0.3, -0.25) is 9.48 Å². The van der Waals surface area contributed by atoms with Gasteiger partial charge in [-0.25, -0.2) is 4.98 Å². The van der Waals surface area contributed by atoms with Crippen LogP contribution in [-0.4, -0.2) is 43.2 Å². The number of hydrogen-bond acceptors (Lipinski definition) is 4. The molecule has 0 aromatic carbocycles. The number of fused-ring (bicyclic) bond motifs is 1. The third-order valence-corrected chi connectivity index (χ3v) is 5.73. The van der Waals surface area contributed by atoms with Gasteiger partial charge >= 0.3 is 0 Å². The van der Waals surface area contributed by atoms with Gasteiger partial charge in [-0.1, -0.05) is 0 Å². The second-order valence-electron chi connectivity index (χ2n) is 6.10. The highest BCUT2D eigenvalue weighted by atomic mass is 32.1. The van der Waals surface area contributed by atoms with E-state index in [1.54, 1.807) is 6.20 Å². The first-order valence-electron chi connectivity index (χ1n) is 7.83. The van der Waals surface area contributed by atoms with Crippen LogP contribution in [0.2, 0.25) is 0 Å². The number of rotatable bonds is 2.